The lowest BCUT2D eigenvalue weighted by atomic mass is 9.97. The molecule has 0 N–H and O–H groups in total. The SMILES string of the molecule is Cc1cccc(-c2c3c(=O)n(C)c(=O)n(C)c3c3n2C(C)(C)CO[C@H]3c2cccc(C)c2)c1. The quantitative estimate of drug-likeness (QED) is 0.467. The number of hydrogen-bond donors (Lipinski definition) is 0. The Balaban J connectivity index is 2.03. The maximum absolute atomic E-state index is 13.6. The van der Waals surface area contributed by atoms with E-state index in [-0.39, 0.29) is 11.2 Å². The second-order valence-electron chi connectivity index (χ2n) is 9.79. The van der Waals surface area contributed by atoms with Crippen molar-refractivity contribution < 1.29 is 4.74 Å². The van der Waals surface area contributed by atoms with Crippen LogP contribution in [0.15, 0.2) is 58.1 Å². The van der Waals surface area contributed by atoms with Crippen LogP contribution in [0.1, 0.15) is 42.3 Å². The molecule has 6 nitrogen and oxygen atoms in total. The average molecular weight is 444 g/mol. The third-order valence-corrected chi connectivity index (χ3v) is 6.70. The summed E-state index contributed by atoms with van der Waals surface area (Å²) in [5.74, 6) is 0. The summed E-state index contributed by atoms with van der Waals surface area (Å²) in [5.41, 5.74) is 5.48. The molecule has 0 saturated carbocycles. The first-order valence-electron chi connectivity index (χ1n) is 11.2. The fourth-order valence-corrected chi connectivity index (χ4v) is 5.15. The topological polar surface area (TPSA) is 58.2 Å². The van der Waals surface area contributed by atoms with E-state index in [4.69, 9.17) is 4.74 Å². The molecule has 2 aromatic carbocycles. The highest BCUT2D eigenvalue weighted by atomic mass is 16.5. The van der Waals surface area contributed by atoms with Gasteiger partial charge in [0.15, 0.2) is 0 Å². The Labute approximate surface area is 192 Å². The summed E-state index contributed by atoms with van der Waals surface area (Å²) in [6, 6.07) is 16.4. The number of fused-ring (bicyclic) bond motifs is 3. The minimum atomic E-state index is -0.422. The molecule has 0 fully saturated rings. The Hall–Kier alpha value is -3.38. The van der Waals surface area contributed by atoms with Gasteiger partial charge >= 0.3 is 5.69 Å². The van der Waals surface area contributed by atoms with Crippen LogP contribution in [-0.4, -0.2) is 20.3 Å². The third-order valence-electron chi connectivity index (χ3n) is 6.70. The van der Waals surface area contributed by atoms with Crippen LogP contribution in [-0.2, 0) is 24.4 Å². The number of hydrogen-bond acceptors (Lipinski definition) is 3. The maximum atomic E-state index is 13.6. The Morgan fingerprint density at radius 1 is 0.939 bits per heavy atom. The van der Waals surface area contributed by atoms with Gasteiger partial charge in [-0.05, 0) is 44.9 Å². The molecule has 6 heteroatoms. The Morgan fingerprint density at radius 3 is 2.27 bits per heavy atom. The van der Waals surface area contributed by atoms with Crippen molar-refractivity contribution in [3.8, 4) is 11.3 Å². The molecular weight excluding hydrogens is 414 g/mol. The molecule has 1 aliphatic heterocycles. The standard InChI is InChI=1S/C27H29N3O3/c1-16-9-7-11-18(13-16)21-20-22(28(5)26(32)29(6)25(20)31)23-24(19-12-8-10-17(2)14-19)33-15-27(3,4)30(21)23/h7-14,24H,15H2,1-6H3/t24-/m0/s1. The lowest BCUT2D eigenvalue weighted by molar-refractivity contribution is -0.00709. The van der Waals surface area contributed by atoms with Crippen molar-refractivity contribution in [3.63, 3.8) is 0 Å². The second kappa shape index (κ2) is 7.32. The molecule has 0 bridgehead atoms. The predicted octanol–water partition coefficient (Wildman–Crippen LogP) is 4.18. The van der Waals surface area contributed by atoms with Gasteiger partial charge in [-0.3, -0.25) is 13.9 Å². The van der Waals surface area contributed by atoms with Gasteiger partial charge in [0, 0.05) is 14.1 Å². The summed E-state index contributed by atoms with van der Waals surface area (Å²) in [7, 11) is 3.28. The number of ether oxygens (including phenoxy) is 1. The van der Waals surface area contributed by atoms with E-state index in [1.807, 2.05) is 37.3 Å². The molecular formula is C27H29N3O3. The van der Waals surface area contributed by atoms with Crippen molar-refractivity contribution >= 4 is 10.9 Å². The fourth-order valence-electron chi connectivity index (χ4n) is 5.15. The van der Waals surface area contributed by atoms with Crippen LogP contribution in [0.3, 0.4) is 0 Å². The van der Waals surface area contributed by atoms with Gasteiger partial charge in [0.05, 0.1) is 34.4 Å². The minimum Gasteiger partial charge on any atom is -0.365 e. The molecule has 33 heavy (non-hydrogen) atoms. The Morgan fingerprint density at radius 2 is 1.61 bits per heavy atom. The van der Waals surface area contributed by atoms with Crippen molar-refractivity contribution in [3.05, 3.63) is 91.8 Å². The van der Waals surface area contributed by atoms with Crippen LogP contribution in [0.25, 0.3) is 22.2 Å². The molecule has 0 spiro atoms. The molecule has 0 aliphatic carbocycles. The second-order valence-corrected chi connectivity index (χ2v) is 9.79. The summed E-state index contributed by atoms with van der Waals surface area (Å²) in [5, 5.41) is 0.552. The molecule has 2 aromatic heterocycles. The first-order chi connectivity index (χ1) is 15.6. The van der Waals surface area contributed by atoms with Gasteiger partial charge in [0.2, 0.25) is 0 Å². The number of benzene rings is 2. The first-order valence-corrected chi connectivity index (χ1v) is 11.2. The molecule has 0 amide bonds. The fraction of sp³-hybridized carbons (Fsp3) is 0.333. The van der Waals surface area contributed by atoms with E-state index >= 15 is 0 Å². The summed E-state index contributed by atoms with van der Waals surface area (Å²) >= 11 is 0. The Bertz CT molecular complexity index is 1530. The molecule has 3 heterocycles. The first kappa shape index (κ1) is 21.5. The molecule has 1 atom stereocenters. The number of aryl methyl sites for hydroxylation is 3. The zero-order valence-electron chi connectivity index (χ0n) is 20.0. The van der Waals surface area contributed by atoms with Gasteiger partial charge in [0.25, 0.3) is 5.56 Å². The van der Waals surface area contributed by atoms with Crippen molar-refractivity contribution in [2.75, 3.05) is 6.61 Å². The van der Waals surface area contributed by atoms with E-state index in [0.29, 0.717) is 17.5 Å². The molecule has 0 unspecified atom stereocenters. The van der Waals surface area contributed by atoms with Gasteiger partial charge in [-0.1, -0.05) is 53.6 Å². The normalized spacial score (nSPS) is 17.3. The lowest BCUT2D eigenvalue weighted by Gasteiger charge is -2.39. The van der Waals surface area contributed by atoms with Crippen molar-refractivity contribution in [1.29, 1.82) is 0 Å². The van der Waals surface area contributed by atoms with Gasteiger partial charge in [-0.2, -0.15) is 0 Å². The number of aromatic nitrogens is 3. The van der Waals surface area contributed by atoms with Crippen LogP contribution in [0.2, 0.25) is 0 Å². The number of nitrogens with zero attached hydrogens (tertiary/aromatic N) is 3. The maximum Gasteiger partial charge on any atom is 0.331 e. The van der Waals surface area contributed by atoms with Crippen molar-refractivity contribution in [2.45, 2.75) is 39.3 Å². The van der Waals surface area contributed by atoms with Crippen LogP contribution >= 0.6 is 0 Å². The predicted molar refractivity (Wildman–Crippen MR) is 131 cm³/mol. The summed E-state index contributed by atoms with van der Waals surface area (Å²) in [6.07, 6.45) is -0.392. The molecule has 0 radical (unpaired) electrons. The average Bonchev–Trinajstić information content (AvgIpc) is 3.14. The Kier molecular flexibility index (Phi) is 4.76. The van der Waals surface area contributed by atoms with E-state index in [2.05, 4.69) is 43.5 Å². The number of rotatable bonds is 2. The van der Waals surface area contributed by atoms with Crippen LogP contribution < -0.4 is 11.2 Å². The van der Waals surface area contributed by atoms with Gasteiger partial charge in [0.1, 0.15) is 6.10 Å². The molecule has 5 rings (SSSR count). The molecule has 170 valence electrons. The lowest BCUT2D eigenvalue weighted by Crippen LogP contribution is -2.40. The van der Waals surface area contributed by atoms with Gasteiger partial charge in [-0.25, -0.2) is 4.79 Å². The van der Waals surface area contributed by atoms with E-state index < -0.39 is 11.6 Å². The summed E-state index contributed by atoms with van der Waals surface area (Å²) in [4.78, 5) is 26.6. The highest BCUT2D eigenvalue weighted by molar-refractivity contribution is 5.97. The highest BCUT2D eigenvalue weighted by Gasteiger charge is 2.40. The summed E-state index contributed by atoms with van der Waals surface area (Å²) in [6.45, 7) is 8.81. The van der Waals surface area contributed by atoms with E-state index in [0.717, 1.165) is 33.6 Å². The zero-order valence-corrected chi connectivity index (χ0v) is 20.0. The van der Waals surface area contributed by atoms with Crippen molar-refractivity contribution in [1.82, 2.24) is 13.7 Å². The van der Waals surface area contributed by atoms with E-state index in [9.17, 15) is 9.59 Å². The van der Waals surface area contributed by atoms with E-state index in [1.54, 1.807) is 18.7 Å². The minimum absolute atomic E-state index is 0.287. The molecule has 4 aromatic rings. The highest BCUT2D eigenvalue weighted by Crippen LogP contribution is 2.45. The monoisotopic (exact) mass is 443 g/mol. The zero-order chi connectivity index (χ0) is 23.7. The van der Waals surface area contributed by atoms with Crippen LogP contribution in [0, 0.1) is 13.8 Å². The van der Waals surface area contributed by atoms with Crippen LogP contribution in [0.5, 0.6) is 0 Å². The van der Waals surface area contributed by atoms with E-state index in [1.165, 1.54) is 4.57 Å². The molecule has 0 saturated heterocycles. The summed E-state index contributed by atoms with van der Waals surface area (Å²) < 4.78 is 11.5. The smallest absolute Gasteiger partial charge is 0.331 e. The third kappa shape index (κ3) is 3.12. The van der Waals surface area contributed by atoms with Gasteiger partial charge in [-0.15, -0.1) is 0 Å². The van der Waals surface area contributed by atoms with Crippen LogP contribution in [0.4, 0.5) is 0 Å². The van der Waals surface area contributed by atoms with Gasteiger partial charge < -0.3 is 9.30 Å². The van der Waals surface area contributed by atoms with Crippen molar-refractivity contribution in [2.24, 2.45) is 14.1 Å². The largest absolute Gasteiger partial charge is 0.365 e. The molecule has 1 aliphatic rings.